The summed E-state index contributed by atoms with van der Waals surface area (Å²) < 4.78 is 0. The monoisotopic (exact) mass is 384 g/mol. The Kier molecular flexibility index (Phi) is 10.9. The van der Waals surface area contributed by atoms with E-state index in [-0.39, 0.29) is 0 Å². The molecule has 2 heteroatoms. The van der Waals surface area contributed by atoms with E-state index in [0.717, 1.165) is 24.3 Å². The van der Waals surface area contributed by atoms with Crippen LogP contribution in [0.15, 0.2) is 43.5 Å². The molecule has 0 amide bonds. The maximum atomic E-state index is 3.79. The van der Waals surface area contributed by atoms with Gasteiger partial charge in [0, 0.05) is 19.1 Å². The fourth-order valence-electron chi connectivity index (χ4n) is 5.09. The van der Waals surface area contributed by atoms with Crippen LogP contribution in [-0.2, 0) is 6.42 Å². The summed E-state index contributed by atoms with van der Waals surface area (Å²) in [4.78, 5) is 2.68. The summed E-state index contributed by atoms with van der Waals surface area (Å²) >= 11 is 0. The zero-order valence-corrected chi connectivity index (χ0v) is 18.5. The first-order chi connectivity index (χ1) is 13.7. The molecule has 1 aliphatic heterocycles. The van der Waals surface area contributed by atoms with E-state index in [1.54, 1.807) is 0 Å². The largest absolute Gasteiger partial charge is 0.313 e. The Bertz CT molecular complexity index is 506. The van der Waals surface area contributed by atoms with Gasteiger partial charge >= 0.3 is 0 Å². The molecule has 1 saturated carbocycles. The third-order valence-corrected chi connectivity index (χ3v) is 7.01. The van der Waals surface area contributed by atoms with Crippen molar-refractivity contribution in [2.75, 3.05) is 26.2 Å². The van der Waals surface area contributed by atoms with Crippen LogP contribution in [0.5, 0.6) is 0 Å². The number of hydrogen-bond acceptors (Lipinski definition) is 2. The van der Waals surface area contributed by atoms with Crippen molar-refractivity contribution in [3.05, 3.63) is 49.1 Å². The van der Waals surface area contributed by atoms with Crippen LogP contribution in [0.3, 0.4) is 0 Å². The van der Waals surface area contributed by atoms with E-state index in [2.05, 4.69) is 67.6 Å². The number of benzene rings is 1. The van der Waals surface area contributed by atoms with E-state index in [1.165, 1.54) is 76.6 Å². The fourth-order valence-corrected chi connectivity index (χ4v) is 5.09. The van der Waals surface area contributed by atoms with Crippen LogP contribution in [0.25, 0.3) is 0 Å². The molecule has 2 fully saturated rings. The van der Waals surface area contributed by atoms with Crippen molar-refractivity contribution < 1.29 is 0 Å². The summed E-state index contributed by atoms with van der Waals surface area (Å²) in [5, 5.41) is 3.79. The molecule has 3 rings (SSSR count). The number of likely N-dealkylation sites (tertiary alicyclic amines) is 1. The van der Waals surface area contributed by atoms with Gasteiger partial charge in [0.25, 0.3) is 0 Å². The van der Waals surface area contributed by atoms with E-state index in [4.69, 9.17) is 0 Å². The molecule has 0 aromatic heterocycles. The zero-order chi connectivity index (χ0) is 20.2. The second kappa shape index (κ2) is 13.2. The maximum Gasteiger partial charge on any atom is 0.0107 e. The zero-order valence-electron chi connectivity index (χ0n) is 18.5. The van der Waals surface area contributed by atoms with Crippen LogP contribution in [0.4, 0.5) is 0 Å². The van der Waals surface area contributed by atoms with Crippen LogP contribution < -0.4 is 5.32 Å². The maximum absolute atomic E-state index is 3.79. The second-order valence-corrected chi connectivity index (χ2v) is 9.07. The summed E-state index contributed by atoms with van der Waals surface area (Å²) in [6.07, 6.45) is 11.2. The average molecular weight is 385 g/mol. The third-order valence-electron chi connectivity index (χ3n) is 7.01. The van der Waals surface area contributed by atoms with E-state index in [9.17, 15) is 0 Å². The molecule has 1 heterocycles. The van der Waals surface area contributed by atoms with Gasteiger partial charge in [-0.25, -0.2) is 0 Å². The summed E-state index contributed by atoms with van der Waals surface area (Å²) in [5.74, 6) is 2.86. The molecule has 0 bridgehead atoms. The average Bonchev–Trinajstić information content (AvgIpc) is 3.14. The predicted molar refractivity (Wildman–Crippen MR) is 124 cm³/mol. The van der Waals surface area contributed by atoms with Gasteiger partial charge in [-0.2, -0.15) is 0 Å². The number of hydrogen-bond donors (Lipinski definition) is 1. The highest BCUT2D eigenvalue weighted by molar-refractivity contribution is 5.14. The highest BCUT2D eigenvalue weighted by atomic mass is 15.1. The molecule has 158 valence electrons. The van der Waals surface area contributed by atoms with Gasteiger partial charge in [0.2, 0.25) is 0 Å². The summed E-state index contributed by atoms with van der Waals surface area (Å²) in [7, 11) is 0. The fraction of sp³-hybridized carbons (Fsp3) is 0.692. The van der Waals surface area contributed by atoms with Crippen LogP contribution in [0.1, 0.15) is 64.4 Å². The van der Waals surface area contributed by atoms with Crippen molar-refractivity contribution >= 4 is 0 Å². The molecular formula is C26H44N2. The van der Waals surface area contributed by atoms with Gasteiger partial charge in [-0.3, -0.25) is 0 Å². The van der Waals surface area contributed by atoms with Crippen LogP contribution in [-0.4, -0.2) is 37.1 Å². The SMILES string of the molecule is C=C.CC(CC1CCCC1C)NCCN1CCC(CCc2ccccc2)CC1. The topological polar surface area (TPSA) is 15.3 Å². The highest BCUT2D eigenvalue weighted by Crippen LogP contribution is 2.34. The van der Waals surface area contributed by atoms with Crippen molar-refractivity contribution in [1.29, 1.82) is 0 Å². The minimum atomic E-state index is 0.684. The molecule has 3 atom stereocenters. The lowest BCUT2D eigenvalue weighted by Gasteiger charge is -2.32. The van der Waals surface area contributed by atoms with Gasteiger partial charge < -0.3 is 10.2 Å². The molecule has 1 aromatic carbocycles. The normalized spacial score (nSPS) is 24.5. The van der Waals surface area contributed by atoms with Gasteiger partial charge in [0.15, 0.2) is 0 Å². The smallest absolute Gasteiger partial charge is 0.0107 e. The van der Waals surface area contributed by atoms with E-state index < -0.39 is 0 Å². The van der Waals surface area contributed by atoms with Gasteiger partial charge in [0.05, 0.1) is 0 Å². The van der Waals surface area contributed by atoms with Gasteiger partial charge in [-0.05, 0) is 75.4 Å². The molecule has 0 spiro atoms. The Morgan fingerprint density at radius 3 is 2.43 bits per heavy atom. The van der Waals surface area contributed by atoms with E-state index in [1.807, 2.05) is 0 Å². The lowest BCUT2D eigenvalue weighted by Crippen LogP contribution is -2.40. The van der Waals surface area contributed by atoms with E-state index >= 15 is 0 Å². The number of nitrogens with one attached hydrogen (secondary N) is 1. The van der Waals surface area contributed by atoms with Crippen LogP contribution in [0.2, 0.25) is 0 Å². The Morgan fingerprint density at radius 2 is 1.79 bits per heavy atom. The number of rotatable bonds is 9. The third kappa shape index (κ3) is 8.09. The molecular weight excluding hydrogens is 340 g/mol. The Balaban J connectivity index is 0.00000136. The minimum Gasteiger partial charge on any atom is -0.313 e. The lowest BCUT2D eigenvalue weighted by atomic mass is 9.90. The predicted octanol–water partition coefficient (Wildman–Crippen LogP) is 5.94. The van der Waals surface area contributed by atoms with Crippen molar-refractivity contribution in [2.45, 2.75) is 71.3 Å². The van der Waals surface area contributed by atoms with Gasteiger partial charge in [-0.15, -0.1) is 13.2 Å². The lowest BCUT2D eigenvalue weighted by molar-refractivity contribution is 0.177. The number of aryl methyl sites for hydroxylation is 1. The van der Waals surface area contributed by atoms with Crippen molar-refractivity contribution in [2.24, 2.45) is 17.8 Å². The van der Waals surface area contributed by atoms with Crippen molar-refractivity contribution in [3.63, 3.8) is 0 Å². The standard InChI is InChI=1S/C24H40N2.C2H4/c1-20-7-6-10-24(20)19-21(2)25-15-18-26-16-13-23(14-17-26)12-11-22-8-4-3-5-9-22;1-2/h3-5,8-9,20-21,23-25H,6-7,10-19H2,1-2H3;1-2H2. The van der Waals surface area contributed by atoms with E-state index in [0.29, 0.717) is 6.04 Å². The molecule has 1 N–H and O–H groups in total. The van der Waals surface area contributed by atoms with Gasteiger partial charge in [0.1, 0.15) is 0 Å². The molecule has 2 nitrogen and oxygen atoms in total. The second-order valence-electron chi connectivity index (χ2n) is 9.07. The first-order valence-electron chi connectivity index (χ1n) is 11.7. The molecule has 1 aliphatic carbocycles. The summed E-state index contributed by atoms with van der Waals surface area (Å²) in [6.45, 7) is 15.8. The molecule has 0 radical (unpaired) electrons. The quantitative estimate of drug-likeness (QED) is 0.530. The van der Waals surface area contributed by atoms with Gasteiger partial charge in [-0.1, -0.05) is 56.5 Å². The van der Waals surface area contributed by atoms with Crippen LogP contribution in [0, 0.1) is 17.8 Å². The van der Waals surface area contributed by atoms with Crippen molar-refractivity contribution in [3.8, 4) is 0 Å². The highest BCUT2D eigenvalue weighted by Gasteiger charge is 2.25. The Morgan fingerprint density at radius 1 is 1.07 bits per heavy atom. The Hall–Kier alpha value is -1.12. The molecule has 1 aromatic rings. The number of piperidine rings is 1. The summed E-state index contributed by atoms with van der Waals surface area (Å²) in [6, 6.07) is 11.7. The van der Waals surface area contributed by atoms with Crippen LogP contribution >= 0.6 is 0 Å². The molecule has 1 saturated heterocycles. The summed E-state index contributed by atoms with van der Waals surface area (Å²) in [5.41, 5.74) is 1.50. The van der Waals surface area contributed by atoms with Crippen molar-refractivity contribution in [1.82, 2.24) is 10.2 Å². The molecule has 28 heavy (non-hydrogen) atoms. The first kappa shape index (κ1) is 23.2. The Labute approximate surface area is 174 Å². The first-order valence-corrected chi connectivity index (χ1v) is 11.7. The molecule has 3 unspecified atom stereocenters. The minimum absolute atomic E-state index is 0.684. The molecule has 2 aliphatic rings. The number of nitrogens with zero attached hydrogens (tertiary/aromatic N) is 1.